The lowest BCUT2D eigenvalue weighted by Gasteiger charge is -2.14. The van der Waals surface area contributed by atoms with E-state index in [1.807, 2.05) is 55.6 Å². The number of hydrazone groups is 1. The fourth-order valence-electron chi connectivity index (χ4n) is 4.20. The fourth-order valence-corrected chi connectivity index (χ4v) is 5.40. The van der Waals surface area contributed by atoms with Crippen LogP contribution in [0, 0.1) is 6.92 Å². The molecule has 0 saturated carbocycles. The van der Waals surface area contributed by atoms with Gasteiger partial charge in [-0.3, -0.25) is 9.59 Å². The molecule has 0 radical (unpaired) electrons. The summed E-state index contributed by atoms with van der Waals surface area (Å²) in [6.45, 7) is 3.87. The molecule has 234 valence electrons. The van der Waals surface area contributed by atoms with Gasteiger partial charge in [0.1, 0.15) is 0 Å². The zero-order valence-electron chi connectivity index (χ0n) is 24.8. The molecule has 0 spiro atoms. The van der Waals surface area contributed by atoms with Gasteiger partial charge in [0.05, 0.1) is 34.2 Å². The van der Waals surface area contributed by atoms with E-state index in [2.05, 4.69) is 26.1 Å². The highest BCUT2D eigenvalue weighted by molar-refractivity contribution is 7.14. The third-order valence-corrected chi connectivity index (χ3v) is 7.82. The molecule has 0 aliphatic heterocycles. The van der Waals surface area contributed by atoms with Crippen molar-refractivity contribution >= 4 is 69.1 Å². The van der Waals surface area contributed by atoms with E-state index in [-0.39, 0.29) is 23.3 Å². The first-order chi connectivity index (χ1) is 22.3. The topological polar surface area (TPSA) is 114 Å². The Kier molecular flexibility index (Phi) is 10.9. The highest BCUT2D eigenvalue weighted by Gasteiger charge is 2.15. The van der Waals surface area contributed by atoms with Crippen molar-refractivity contribution in [2.75, 3.05) is 23.8 Å². The first-order valence-electron chi connectivity index (χ1n) is 14.2. The van der Waals surface area contributed by atoms with Gasteiger partial charge in [0.15, 0.2) is 23.2 Å². The fraction of sp³-hybridized carbons (Fsp3) is 0.118. The minimum Gasteiger partial charge on any atom is -0.490 e. The molecule has 46 heavy (non-hydrogen) atoms. The largest absolute Gasteiger partial charge is 0.490 e. The molecule has 1 heterocycles. The molecule has 0 atom stereocenters. The number of amides is 2. The van der Waals surface area contributed by atoms with Gasteiger partial charge in [-0.1, -0.05) is 65.2 Å². The number of carbonyl (C=O) groups is 2. The van der Waals surface area contributed by atoms with Crippen molar-refractivity contribution in [1.29, 1.82) is 0 Å². The molecule has 3 N–H and O–H groups in total. The number of para-hydroxylation sites is 1. The quantitative estimate of drug-likeness (QED) is 0.0906. The zero-order valence-corrected chi connectivity index (χ0v) is 27.2. The molecule has 0 unspecified atom stereocenters. The smallest absolute Gasteiger partial charge is 0.271 e. The standard InChI is InChI=1S/C34H29Cl2N5O4S/c1-3-44-30-17-22(16-27(36)32(30)45-19-31(42)39-28-7-5-4-6-26(28)35)18-37-41-33(43)24-12-10-23(11-13-24)29-20-46-34(40-29)38-25-14-8-21(2)9-15-25/h4-18,20H,3,19H2,1-2H3,(H,38,40)(H,39,42)(H,41,43)/b37-18+. The van der Waals surface area contributed by atoms with E-state index in [4.69, 9.17) is 32.7 Å². The van der Waals surface area contributed by atoms with Crippen molar-refractivity contribution in [3.05, 3.63) is 117 Å². The van der Waals surface area contributed by atoms with Crippen LogP contribution in [0.4, 0.5) is 16.5 Å². The number of thiazole rings is 1. The van der Waals surface area contributed by atoms with Gasteiger partial charge < -0.3 is 20.1 Å². The maximum absolute atomic E-state index is 12.7. The number of anilines is 3. The Morgan fingerprint density at radius 3 is 2.46 bits per heavy atom. The highest BCUT2D eigenvalue weighted by atomic mass is 35.5. The summed E-state index contributed by atoms with van der Waals surface area (Å²) in [7, 11) is 0. The minimum atomic E-state index is -0.417. The normalized spacial score (nSPS) is 10.9. The second-order valence-corrected chi connectivity index (χ2v) is 11.6. The van der Waals surface area contributed by atoms with Crippen LogP contribution >= 0.6 is 34.5 Å². The van der Waals surface area contributed by atoms with Crippen LogP contribution in [0.25, 0.3) is 11.3 Å². The Morgan fingerprint density at radius 1 is 0.957 bits per heavy atom. The molecule has 4 aromatic carbocycles. The van der Waals surface area contributed by atoms with Crippen LogP contribution in [0.3, 0.4) is 0 Å². The molecule has 0 fully saturated rings. The molecule has 12 heteroatoms. The van der Waals surface area contributed by atoms with Gasteiger partial charge in [0.25, 0.3) is 11.8 Å². The van der Waals surface area contributed by atoms with E-state index in [0.29, 0.717) is 34.2 Å². The van der Waals surface area contributed by atoms with Gasteiger partial charge in [0, 0.05) is 22.2 Å². The number of aryl methyl sites for hydroxylation is 1. The summed E-state index contributed by atoms with van der Waals surface area (Å²) in [5.74, 6) is -0.275. The predicted molar refractivity (Wildman–Crippen MR) is 185 cm³/mol. The Morgan fingerprint density at radius 2 is 1.72 bits per heavy atom. The monoisotopic (exact) mass is 673 g/mol. The Bertz CT molecular complexity index is 1860. The molecule has 0 aliphatic rings. The summed E-state index contributed by atoms with van der Waals surface area (Å²) < 4.78 is 11.4. The van der Waals surface area contributed by atoms with Gasteiger partial charge in [-0.25, -0.2) is 10.4 Å². The number of benzene rings is 4. The van der Waals surface area contributed by atoms with Crippen LogP contribution < -0.4 is 25.5 Å². The number of hydrogen-bond acceptors (Lipinski definition) is 8. The average Bonchev–Trinajstić information content (AvgIpc) is 3.51. The van der Waals surface area contributed by atoms with Crippen LogP contribution in [0.5, 0.6) is 11.5 Å². The second-order valence-electron chi connectivity index (χ2n) is 9.89. The lowest BCUT2D eigenvalue weighted by atomic mass is 10.1. The van der Waals surface area contributed by atoms with Gasteiger partial charge in [0.2, 0.25) is 0 Å². The molecule has 9 nitrogen and oxygen atoms in total. The van der Waals surface area contributed by atoms with E-state index in [1.165, 1.54) is 23.1 Å². The van der Waals surface area contributed by atoms with Crippen molar-refractivity contribution in [1.82, 2.24) is 10.4 Å². The third-order valence-electron chi connectivity index (χ3n) is 6.46. The molecule has 0 saturated heterocycles. The molecule has 2 amide bonds. The average molecular weight is 675 g/mol. The number of ether oxygens (including phenoxy) is 2. The predicted octanol–water partition coefficient (Wildman–Crippen LogP) is 8.35. The number of aromatic nitrogens is 1. The number of nitrogens with zero attached hydrogens (tertiary/aromatic N) is 2. The van der Waals surface area contributed by atoms with Crippen LogP contribution in [-0.4, -0.2) is 36.2 Å². The number of rotatable bonds is 12. The van der Waals surface area contributed by atoms with Crippen molar-refractivity contribution < 1.29 is 19.1 Å². The van der Waals surface area contributed by atoms with E-state index < -0.39 is 5.91 Å². The molecule has 1 aromatic heterocycles. The van der Waals surface area contributed by atoms with Crippen LogP contribution in [0.15, 0.2) is 95.4 Å². The maximum atomic E-state index is 12.7. The van der Waals surface area contributed by atoms with Crippen molar-refractivity contribution in [3.63, 3.8) is 0 Å². The molecular formula is C34H29Cl2N5O4S. The van der Waals surface area contributed by atoms with E-state index >= 15 is 0 Å². The number of nitrogens with one attached hydrogen (secondary N) is 3. The van der Waals surface area contributed by atoms with Crippen LogP contribution in [0.2, 0.25) is 10.0 Å². The molecule has 0 bridgehead atoms. The zero-order chi connectivity index (χ0) is 32.5. The third kappa shape index (κ3) is 8.63. The number of carbonyl (C=O) groups excluding carboxylic acids is 2. The highest BCUT2D eigenvalue weighted by Crippen LogP contribution is 2.36. The van der Waals surface area contributed by atoms with Crippen molar-refractivity contribution in [2.45, 2.75) is 13.8 Å². The van der Waals surface area contributed by atoms with E-state index in [0.717, 1.165) is 22.1 Å². The van der Waals surface area contributed by atoms with Gasteiger partial charge in [-0.05, 0) is 67.9 Å². The Labute approximate surface area is 280 Å². The lowest BCUT2D eigenvalue weighted by molar-refractivity contribution is -0.118. The summed E-state index contributed by atoms with van der Waals surface area (Å²) in [5.41, 5.74) is 7.82. The van der Waals surface area contributed by atoms with Crippen molar-refractivity contribution in [2.24, 2.45) is 5.10 Å². The first kappa shape index (κ1) is 32.5. The minimum absolute atomic E-state index is 0.206. The molecule has 0 aliphatic carbocycles. The molecule has 5 aromatic rings. The van der Waals surface area contributed by atoms with E-state index in [9.17, 15) is 9.59 Å². The summed E-state index contributed by atoms with van der Waals surface area (Å²) in [5, 5.41) is 13.4. The van der Waals surface area contributed by atoms with Gasteiger partial charge in [-0.2, -0.15) is 5.10 Å². The molecule has 5 rings (SSSR count). The van der Waals surface area contributed by atoms with E-state index in [1.54, 1.807) is 48.5 Å². The van der Waals surface area contributed by atoms with Crippen LogP contribution in [0.1, 0.15) is 28.4 Å². The van der Waals surface area contributed by atoms with Crippen molar-refractivity contribution in [3.8, 4) is 22.8 Å². The second kappa shape index (κ2) is 15.4. The Balaban J connectivity index is 1.17. The summed E-state index contributed by atoms with van der Waals surface area (Å²) in [6, 6.07) is 25.3. The summed E-state index contributed by atoms with van der Waals surface area (Å²) >= 11 is 14.1. The Hall–Kier alpha value is -4.90. The maximum Gasteiger partial charge on any atom is 0.271 e. The summed E-state index contributed by atoms with van der Waals surface area (Å²) in [6.07, 6.45) is 1.44. The lowest BCUT2D eigenvalue weighted by Crippen LogP contribution is -2.20. The number of halogens is 2. The molecular weight excluding hydrogens is 645 g/mol. The SMILES string of the molecule is CCOc1cc(/C=N/NC(=O)c2ccc(-c3csc(Nc4ccc(C)cc4)n3)cc2)cc(Cl)c1OCC(=O)Nc1ccccc1Cl. The number of hydrogen-bond donors (Lipinski definition) is 3. The van der Waals surface area contributed by atoms with Gasteiger partial charge in [-0.15, -0.1) is 11.3 Å². The summed E-state index contributed by atoms with van der Waals surface area (Å²) in [4.78, 5) is 29.8. The van der Waals surface area contributed by atoms with Gasteiger partial charge >= 0.3 is 0 Å². The first-order valence-corrected chi connectivity index (χ1v) is 15.8. The van der Waals surface area contributed by atoms with Crippen LogP contribution in [-0.2, 0) is 4.79 Å².